The van der Waals surface area contributed by atoms with Crippen molar-refractivity contribution >= 4 is 17.5 Å². The number of benzene rings is 1. The second-order valence-electron chi connectivity index (χ2n) is 4.93. The van der Waals surface area contributed by atoms with E-state index in [2.05, 4.69) is 0 Å². The molecule has 96 valence electrons. The van der Waals surface area contributed by atoms with Crippen molar-refractivity contribution in [2.24, 2.45) is 0 Å². The molecule has 3 rings (SSSR count). The zero-order valence-corrected chi connectivity index (χ0v) is 10.9. The van der Waals surface area contributed by atoms with Gasteiger partial charge in [-0.25, -0.2) is 0 Å². The Morgan fingerprint density at radius 2 is 2.22 bits per heavy atom. The van der Waals surface area contributed by atoms with Crippen LogP contribution in [0.3, 0.4) is 0 Å². The van der Waals surface area contributed by atoms with Crippen LogP contribution >= 0.6 is 11.6 Å². The fourth-order valence-electron chi connectivity index (χ4n) is 2.73. The molecule has 0 spiro atoms. The Balaban J connectivity index is 1.84. The van der Waals surface area contributed by atoms with Crippen molar-refractivity contribution in [1.29, 1.82) is 0 Å². The van der Waals surface area contributed by atoms with E-state index < -0.39 is 0 Å². The van der Waals surface area contributed by atoms with Gasteiger partial charge in [-0.1, -0.05) is 6.07 Å². The van der Waals surface area contributed by atoms with Crippen LogP contribution in [0.15, 0.2) is 18.2 Å². The van der Waals surface area contributed by atoms with E-state index in [1.54, 1.807) is 0 Å². The molecule has 0 aliphatic carbocycles. The van der Waals surface area contributed by atoms with Gasteiger partial charge in [0.15, 0.2) is 0 Å². The molecule has 2 aliphatic rings. The SMILES string of the molecule is O=C(c1ccc2c(c1)COC2)N1CCCC1CCl. The minimum atomic E-state index is 0.104. The van der Waals surface area contributed by atoms with E-state index in [9.17, 15) is 4.79 Å². The molecule has 0 aromatic heterocycles. The van der Waals surface area contributed by atoms with Crippen molar-refractivity contribution in [3.05, 3.63) is 34.9 Å². The minimum absolute atomic E-state index is 0.104. The predicted octanol–water partition coefficient (Wildman–Crippen LogP) is 2.56. The van der Waals surface area contributed by atoms with Gasteiger partial charge < -0.3 is 9.64 Å². The Morgan fingerprint density at radius 3 is 3.06 bits per heavy atom. The first-order valence-electron chi connectivity index (χ1n) is 6.36. The molecular weight excluding hydrogens is 250 g/mol. The zero-order chi connectivity index (χ0) is 12.5. The highest BCUT2D eigenvalue weighted by Gasteiger charge is 2.29. The van der Waals surface area contributed by atoms with Crippen molar-refractivity contribution in [1.82, 2.24) is 4.90 Å². The van der Waals surface area contributed by atoms with Gasteiger partial charge in [-0.2, -0.15) is 0 Å². The van der Waals surface area contributed by atoms with E-state index >= 15 is 0 Å². The number of halogens is 1. The Labute approximate surface area is 112 Å². The van der Waals surface area contributed by atoms with Crippen molar-refractivity contribution in [2.75, 3.05) is 12.4 Å². The highest BCUT2D eigenvalue weighted by molar-refractivity contribution is 6.18. The van der Waals surface area contributed by atoms with Crippen molar-refractivity contribution in [2.45, 2.75) is 32.1 Å². The average molecular weight is 266 g/mol. The maximum atomic E-state index is 12.4. The van der Waals surface area contributed by atoms with E-state index in [4.69, 9.17) is 16.3 Å². The van der Waals surface area contributed by atoms with Gasteiger partial charge in [0, 0.05) is 24.0 Å². The number of alkyl halides is 1. The Kier molecular flexibility index (Phi) is 3.27. The van der Waals surface area contributed by atoms with E-state index in [1.165, 1.54) is 5.56 Å². The smallest absolute Gasteiger partial charge is 0.254 e. The highest BCUT2D eigenvalue weighted by Crippen LogP contribution is 2.24. The van der Waals surface area contributed by atoms with Gasteiger partial charge in [-0.05, 0) is 36.1 Å². The second kappa shape index (κ2) is 4.90. The summed E-state index contributed by atoms with van der Waals surface area (Å²) in [4.78, 5) is 14.3. The summed E-state index contributed by atoms with van der Waals surface area (Å²) < 4.78 is 5.37. The number of ether oxygens (including phenoxy) is 1. The molecule has 2 heterocycles. The molecule has 4 heteroatoms. The predicted molar refractivity (Wildman–Crippen MR) is 69.7 cm³/mol. The summed E-state index contributed by atoms with van der Waals surface area (Å²) >= 11 is 5.91. The van der Waals surface area contributed by atoms with Gasteiger partial charge in [-0.15, -0.1) is 11.6 Å². The number of nitrogens with zero attached hydrogens (tertiary/aromatic N) is 1. The summed E-state index contributed by atoms with van der Waals surface area (Å²) in [7, 11) is 0. The lowest BCUT2D eigenvalue weighted by atomic mass is 10.1. The number of amides is 1. The van der Waals surface area contributed by atoms with Crippen molar-refractivity contribution in [3.63, 3.8) is 0 Å². The number of hydrogen-bond donors (Lipinski definition) is 0. The molecule has 2 aliphatic heterocycles. The van der Waals surface area contributed by atoms with Gasteiger partial charge in [0.2, 0.25) is 0 Å². The van der Waals surface area contributed by atoms with Crippen LogP contribution in [0, 0.1) is 0 Å². The normalized spacial score (nSPS) is 22.3. The Bertz CT molecular complexity index is 475. The second-order valence-corrected chi connectivity index (χ2v) is 5.23. The molecule has 1 saturated heterocycles. The third-order valence-electron chi connectivity index (χ3n) is 3.78. The quantitative estimate of drug-likeness (QED) is 0.769. The van der Waals surface area contributed by atoms with Crippen LogP contribution in [0.4, 0.5) is 0 Å². The summed E-state index contributed by atoms with van der Waals surface area (Å²) in [5.41, 5.74) is 3.10. The third-order valence-corrected chi connectivity index (χ3v) is 4.14. The topological polar surface area (TPSA) is 29.5 Å². The van der Waals surface area contributed by atoms with Crippen LogP contribution in [-0.4, -0.2) is 29.3 Å². The van der Waals surface area contributed by atoms with Gasteiger partial charge in [0.25, 0.3) is 5.91 Å². The lowest BCUT2D eigenvalue weighted by molar-refractivity contribution is 0.0749. The number of fused-ring (bicyclic) bond motifs is 1. The minimum Gasteiger partial charge on any atom is -0.372 e. The lowest BCUT2D eigenvalue weighted by Crippen LogP contribution is -2.36. The van der Waals surface area contributed by atoms with E-state index in [1.807, 2.05) is 23.1 Å². The maximum absolute atomic E-state index is 12.4. The van der Waals surface area contributed by atoms with Crippen LogP contribution in [0.5, 0.6) is 0 Å². The highest BCUT2D eigenvalue weighted by atomic mass is 35.5. The monoisotopic (exact) mass is 265 g/mol. The molecule has 1 fully saturated rings. The van der Waals surface area contributed by atoms with Crippen molar-refractivity contribution < 1.29 is 9.53 Å². The Morgan fingerprint density at radius 1 is 1.39 bits per heavy atom. The van der Waals surface area contributed by atoms with E-state index in [-0.39, 0.29) is 11.9 Å². The largest absolute Gasteiger partial charge is 0.372 e. The molecule has 3 nitrogen and oxygen atoms in total. The lowest BCUT2D eigenvalue weighted by Gasteiger charge is -2.23. The number of carbonyl (C=O) groups is 1. The molecule has 0 saturated carbocycles. The molecule has 1 unspecified atom stereocenters. The summed E-state index contributed by atoms with van der Waals surface area (Å²) in [5, 5.41) is 0. The van der Waals surface area contributed by atoms with Gasteiger partial charge >= 0.3 is 0 Å². The first-order chi connectivity index (χ1) is 8.79. The summed E-state index contributed by atoms with van der Waals surface area (Å²) in [6, 6.07) is 6.07. The average Bonchev–Trinajstić information content (AvgIpc) is 3.05. The molecule has 0 bridgehead atoms. The number of likely N-dealkylation sites (tertiary alicyclic amines) is 1. The molecular formula is C14H16ClNO2. The third kappa shape index (κ3) is 2.02. The van der Waals surface area contributed by atoms with Gasteiger partial charge in [0.05, 0.1) is 13.2 Å². The standard InChI is InChI=1S/C14H16ClNO2/c15-7-13-2-1-5-16(13)14(17)10-3-4-11-8-18-9-12(11)6-10/h3-4,6,13H,1-2,5,7-9H2. The molecule has 1 aromatic rings. The number of hydrogen-bond acceptors (Lipinski definition) is 2. The van der Waals surface area contributed by atoms with E-state index in [0.717, 1.165) is 30.5 Å². The van der Waals surface area contributed by atoms with Crippen LogP contribution in [0.2, 0.25) is 0 Å². The molecule has 0 N–H and O–H groups in total. The molecule has 18 heavy (non-hydrogen) atoms. The fraction of sp³-hybridized carbons (Fsp3) is 0.500. The summed E-state index contributed by atoms with van der Waals surface area (Å²) in [5.74, 6) is 0.632. The molecule has 1 aromatic carbocycles. The molecule has 1 atom stereocenters. The van der Waals surface area contributed by atoms with Gasteiger partial charge in [-0.3, -0.25) is 4.79 Å². The number of carbonyl (C=O) groups excluding carboxylic acids is 1. The van der Waals surface area contributed by atoms with E-state index in [0.29, 0.717) is 19.1 Å². The molecule has 0 radical (unpaired) electrons. The first-order valence-corrected chi connectivity index (χ1v) is 6.89. The van der Waals surface area contributed by atoms with Crippen LogP contribution < -0.4 is 0 Å². The van der Waals surface area contributed by atoms with Crippen LogP contribution in [0.25, 0.3) is 0 Å². The van der Waals surface area contributed by atoms with Crippen LogP contribution in [0.1, 0.15) is 34.3 Å². The maximum Gasteiger partial charge on any atom is 0.254 e. The summed E-state index contributed by atoms with van der Waals surface area (Å²) in [6.07, 6.45) is 2.07. The first kappa shape index (κ1) is 12.0. The van der Waals surface area contributed by atoms with Gasteiger partial charge in [0.1, 0.15) is 0 Å². The van der Waals surface area contributed by atoms with Crippen LogP contribution in [-0.2, 0) is 18.0 Å². The Hall–Kier alpha value is -1.06. The fourth-order valence-corrected chi connectivity index (χ4v) is 3.06. The summed E-state index contributed by atoms with van der Waals surface area (Å²) in [6.45, 7) is 2.11. The molecule has 1 amide bonds. The number of rotatable bonds is 2. The van der Waals surface area contributed by atoms with Crippen molar-refractivity contribution in [3.8, 4) is 0 Å². The zero-order valence-electron chi connectivity index (χ0n) is 10.2.